The fourth-order valence-electron chi connectivity index (χ4n) is 1.79. The zero-order valence-electron chi connectivity index (χ0n) is 11.7. The average molecular weight is 285 g/mol. The van der Waals surface area contributed by atoms with Gasteiger partial charge in [-0.1, -0.05) is 0 Å². The van der Waals surface area contributed by atoms with E-state index in [0.717, 1.165) is 11.4 Å². The standard InChI is InChI=1S/C15H15N3O3/c1-17(2)15(19)11-3-5-12(6-4-11)16-13-7-9-14(10-8-13)18(20)21/h3-10,16H,1-2H3. The normalized spacial score (nSPS) is 10.0. The molecule has 0 radical (unpaired) electrons. The summed E-state index contributed by atoms with van der Waals surface area (Å²) < 4.78 is 0. The summed E-state index contributed by atoms with van der Waals surface area (Å²) in [4.78, 5) is 23.4. The van der Waals surface area contributed by atoms with Crippen LogP contribution in [-0.2, 0) is 0 Å². The van der Waals surface area contributed by atoms with Crippen LogP contribution in [0.2, 0.25) is 0 Å². The minimum Gasteiger partial charge on any atom is -0.356 e. The summed E-state index contributed by atoms with van der Waals surface area (Å²) in [6.45, 7) is 0. The molecule has 2 aromatic rings. The van der Waals surface area contributed by atoms with Crippen LogP contribution < -0.4 is 5.32 Å². The van der Waals surface area contributed by atoms with E-state index in [1.807, 2.05) is 0 Å². The van der Waals surface area contributed by atoms with Gasteiger partial charge in [0.15, 0.2) is 0 Å². The van der Waals surface area contributed by atoms with E-state index in [1.54, 1.807) is 50.5 Å². The van der Waals surface area contributed by atoms with Crippen LogP contribution in [-0.4, -0.2) is 29.8 Å². The number of carbonyl (C=O) groups excluding carboxylic acids is 1. The molecule has 0 fully saturated rings. The van der Waals surface area contributed by atoms with Crippen molar-refractivity contribution >= 4 is 23.0 Å². The van der Waals surface area contributed by atoms with Crippen LogP contribution in [0, 0.1) is 10.1 Å². The van der Waals surface area contributed by atoms with Crippen molar-refractivity contribution in [1.29, 1.82) is 0 Å². The third-order valence-electron chi connectivity index (χ3n) is 2.90. The highest BCUT2D eigenvalue weighted by Crippen LogP contribution is 2.20. The van der Waals surface area contributed by atoms with Gasteiger partial charge in [-0.25, -0.2) is 0 Å². The smallest absolute Gasteiger partial charge is 0.269 e. The Morgan fingerprint density at radius 1 is 1.00 bits per heavy atom. The average Bonchev–Trinajstić information content (AvgIpc) is 2.47. The number of nitrogens with zero attached hydrogens (tertiary/aromatic N) is 2. The van der Waals surface area contributed by atoms with Gasteiger partial charge in [0.25, 0.3) is 11.6 Å². The Labute approximate surface area is 122 Å². The minimum absolute atomic E-state index is 0.0486. The summed E-state index contributed by atoms with van der Waals surface area (Å²) in [6, 6.07) is 13.2. The van der Waals surface area contributed by atoms with E-state index in [0.29, 0.717) is 5.56 Å². The molecule has 108 valence electrons. The first-order chi connectivity index (χ1) is 9.97. The number of anilines is 2. The predicted octanol–water partition coefficient (Wildman–Crippen LogP) is 3.04. The first kappa shape index (κ1) is 14.5. The highest BCUT2D eigenvalue weighted by atomic mass is 16.6. The third kappa shape index (κ3) is 3.56. The molecule has 2 aromatic carbocycles. The van der Waals surface area contributed by atoms with Crippen molar-refractivity contribution in [2.75, 3.05) is 19.4 Å². The summed E-state index contributed by atoms with van der Waals surface area (Å²) in [5.74, 6) is -0.0584. The van der Waals surface area contributed by atoms with E-state index in [2.05, 4.69) is 5.32 Å². The molecule has 0 saturated carbocycles. The summed E-state index contributed by atoms with van der Waals surface area (Å²) in [6.07, 6.45) is 0. The number of hydrogen-bond donors (Lipinski definition) is 1. The fraction of sp³-hybridized carbons (Fsp3) is 0.133. The van der Waals surface area contributed by atoms with E-state index in [4.69, 9.17) is 0 Å². The summed E-state index contributed by atoms with van der Waals surface area (Å²) in [5.41, 5.74) is 2.20. The van der Waals surface area contributed by atoms with Crippen LogP contribution in [0.3, 0.4) is 0 Å². The van der Waals surface area contributed by atoms with Gasteiger partial charge in [0.05, 0.1) is 4.92 Å². The van der Waals surface area contributed by atoms with Crippen LogP contribution >= 0.6 is 0 Å². The van der Waals surface area contributed by atoms with Crippen molar-refractivity contribution in [1.82, 2.24) is 4.90 Å². The number of benzene rings is 2. The van der Waals surface area contributed by atoms with Gasteiger partial charge in [-0.15, -0.1) is 0 Å². The Morgan fingerprint density at radius 3 is 1.90 bits per heavy atom. The molecule has 0 spiro atoms. The number of hydrogen-bond acceptors (Lipinski definition) is 4. The zero-order chi connectivity index (χ0) is 15.4. The van der Waals surface area contributed by atoms with Crippen molar-refractivity contribution in [3.05, 3.63) is 64.2 Å². The fourth-order valence-corrected chi connectivity index (χ4v) is 1.79. The molecule has 0 aliphatic rings. The van der Waals surface area contributed by atoms with Crippen molar-refractivity contribution in [3.63, 3.8) is 0 Å². The largest absolute Gasteiger partial charge is 0.356 e. The van der Waals surface area contributed by atoms with Crippen LogP contribution in [0.1, 0.15) is 10.4 Å². The maximum Gasteiger partial charge on any atom is 0.269 e. The molecular weight excluding hydrogens is 270 g/mol. The van der Waals surface area contributed by atoms with Crippen LogP contribution in [0.25, 0.3) is 0 Å². The minimum atomic E-state index is -0.439. The number of amides is 1. The maximum atomic E-state index is 11.8. The van der Waals surface area contributed by atoms with Crippen molar-refractivity contribution < 1.29 is 9.72 Å². The van der Waals surface area contributed by atoms with Gasteiger partial charge in [-0.3, -0.25) is 14.9 Å². The molecule has 0 bridgehead atoms. The molecular formula is C15H15N3O3. The predicted molar refractivity (Wildman–Crippen MR) is 80.8 cm³/mol. The Morgan fingerprint density at radius 2 is 1.48 bits per heavy atom. The van der Waals surface area contributed by atoms with Gasteiger partial charge >= 0.3 is 0 Å². The summed E-state index contributed by atoms with van der Waals surface area (Å²) in [7, 11) is 3.40. The highest BCUT2D eigenvalue weighted by molar-refractivity contribution is 5.94. The van der Waals surface area contributed by atoms with E-state index in [1.165, 1.54) is 17.0 Å². The second-order valence-corrected chi connectivity index (χ2v) is 4.71. The number of carbonyl (C=O) groups is 1. The lowest BCUT2D eigenvalue weighted by Gasteiger charge is -2.11. The molecule has 1 amide bonds. The second-order valence-electron chi connectivity index (χ2n) is 4.71. The molecule has 1 N–H and O–H groups in total. The topological polar surface area (TPSA) is 75.5 Å². The Hall–Kier alpha value is -2.89. The Kier molecular flexibility index (Phi) is 4.18. The molecule has 0 aliphatic heterocycles. The van der Waals surface area contributed by atoms with Crippen LogP contribution in [0.4, 0.5) is 17.1 Å². The maximum absolute atomic E-state index is 11.8. The lowest BCUT2D eigenvalue weighted by atomic mass is 10.2. The monoisotopic (exact) mass is 285 g/mol. The number of rotatable bonds is 4. The van der Waals surface area contributed by atoms with Crippen LogP contribution in [0.5, 0.6) is 0 Å². The first-order valence-electron chi connectivity index (χ1n) is 6.30. The quantitative estimate of drug-likeness (QED) is 0.692. The van der Waals surface area contributed by atoms with E-state index in [-0.39, 0.29) is 11.6 Å². The number of non-ortho nitro benzene ring substituents is 1. The van der Waals surface area contributed by atoms with Gasteiger partial charge in [-0.2, -0.15) is 0 Å². The molecule has 6 nitrogen and oxygen atoms in total. The van der Waals surface area contributed by atoms with Crippen LogP contribution in [0.15, 0.2) is 48.5 Å². The molecule has 2 rings (SSSR count). The molecule has 0 saturated heterocycles. The molecule has 0 unspecified atom stereocenters. The van der Waals surface area contributed by atoms with Crippen molar-refractivity contribution in [2.45, 2.75) is 0 Å². The SMILES string of the molecule is CN(C)C(=O)c1ccc(Nc2ccc([N+](=O)[O-])cc2)cc1. The highest BCUT2D eigenvalue weighted by Gasteiger charge is 2.07. The molecule has 0 aromatic heterocycles. The summed E-state index contributed by atoms with van der Waals surface area (Å²) in [5, 5.41) is 13.7. The first-order valence-corrected chi connectivity index (χ1v) is 6.30. The van der Waals surface area contributed by atoms with E-state index in [9.17, 15) is 14.9 Å². The molecule has 0 aliphatic carbocycles. The van der Waals surface area contributed by atoms with Gasteiger partial charge < -0.3 is 10.2 Å². The Balaban J connectivity index is 2.09. The third-order valence-corrected chi connectivity index (χ3v) is 2.90. The molecule has 6 heteroatoms. The van der Waals surface area contributed by atoms with Crippen molar-refractivity contribution in [3.8, 4) is 0 Å². The van der Waals surface area contributed by atoms with Gasteiger partial charge in [0, 0.05) is 43.2 Å². The van der Waals surface area contributed by atoms with Gasteiger partial charge in [0.2, 0.25) is 0 Å². The molecule has 0 heterocycles. The summed E-state index contributed by atoms with van der Waals surface area (Å²) >= 11 is 0. The zero-order valence-corrected chi connectivity index (χ0v) is 11.7. The number of nitro benzene ring substituents is 1. The second kappa shape index (κ2) is 6.04. The number of nitrogens with one attached hydrogen (secondary N) is 1. The molecule has 0 atom stereocenters. The van der Waals surface area contributed by atoms with E-state index >= 15 is 0 Å². The van der Waals surface area contributed by atoms with E-state index < -0.39 is 4.92 Å². The van der Waals surface area contributed by atoms with Crippen molar-refractivity contribution in [2.24, 2.45) is 0 Å². The molecule has 21 heavy (non-hydrogen) atoms. The van der Waals surface area contributed by atoms with Gasteiger partial charge in [-0.05, 0) is 36.4 Å². The number of nitro groups is 1. The lowest BCUT2D eigenvalue weighted by molar-refractivity contribution is -0.384. The van der Waals surface area contributed by atoms with Gasteiger partial charge in [0.1, 0.15) is 0 Å². The lowest BCUT2D eigenvalue weighted by Crippen LogP contribution is -2.21. The Bertz CT molecular complexity index is 649.